The highest BCUT2D eigenvalue weighted by Gasteiger charge is 2.34. The summed E-state index contributed by atoms with van der Waals surface area (Å²) in [5, 5.41) is 10.9. The molecule has 2 unspecified atom stereocenters. The average molecular weight is 226 g/mol. The van der Waals surface area contributed by atoms with Gasteiger partial charge < -0.3 is 10.0 Å². The van der Waals surface area contributed by atoms with Gasteiger partial charge in [0.1, 0.15) is 5.69 Å². The lowest BCUT2D eigenvalue weighted by molar-refractivity contribution is 0.0712. The lowest BCUT2D eigenvalue weighted by atomic mass is 10.0. The van der Waals surface area contributed by atoms with Crippen molar-refractivity contribution in [3.63, 3.8) is 0 Å². The fourth-order valence-electron chi connectivity index (χ4n) is 2.00. The molecule has 0 aromatic carbocycles. The third kappa shape index (κ3) is 1.89. The quantitative estimate of drug-likeness (QED) is 0.818. The first kappa shape index (κ1) is 10.6. The molecule has 1 fully saturated rings. The van der Waals surface area contributed by atoms with Gasteiger partial charge in [0.05, 0.1) is 5.51 Å². The van der Waals surface area contributed by atoms with E-state index in [2.05, 4.69) is 4.98 Å². The number of carbonyl (C=O) groups excluding carboxylic acids is 1. The van der Waals surface area contributed by atoms with E-state index in [-0.39, 0.29) is 24.5 Å². The van der Waals surface area contributed by atoms with Crippen LogP contribution in [0.2, 0.25) is 0 Å². The van der Waals surface area contributed by atoms with Gasteiger partial charge in [0.15, 0.2) is 0 Å². The van der Waals surface area contributed by atoms with E-state index in [1.165, 1.54) is 11.3 Å². The molecule has 5 heteroatoms. The molecule has 2 rings (SSSR count). The normalized spacial score (nSPS) is 25.9. The summed E-state index contributed by atoms with van der Waals surface area (Å²) < 4.78 is 0. The summed E-state index contributed by atoms with van der Waals surface area (Å²) in [7, 11) is 0. The van der Waals surface area contributed by atoms with Crippen molar-refractivity contribution in [3.8, 4) is 0 Å². The van der Waals surface area contributed by atoms with Gasteiger partial charge in [0.25, 0.3) is 5.91 Å². The Bertz CT molecular complexity index is 339. The second-order valence-electron chi connectivity index (χ2n) is 3.84. The summed E-state index contributed by atoms with van der Waals surface area (Å²) in [4.78, 5) is 17.8. The van der Waals surface area contributed by atoms with E-state index in [9.17, 15) is 4.79 Å². The van der Waals surface area contributed by atoms with Crippen LogP contribution in [-0.4, -0.2) is 40.1 Å². The van der Waals surface area contributed by atoms with Crippen LogP contribution in [0.3, 0.4) is 0 Å². The zero-order valence-corrected chi connectivity index (χ0v) is 9.41. The van der Waals surface area contributed by atoms with Gasteiger partial charge in [-0.15, -0.1) is 11.3 Å². The van der Waals surface area contributed by atoms with E-state index in [1.54, 1.807) is 15.8 Å². The van der Waals surface area contributed by atoms with Crippen LogP contribution in [0, 0.1) is 5.92 Å². The van der Waals surface area contributed by atoms with Gasteiger partial charge in [0.2, 0.25) is 0 Å². The Morgan fingerprint density at radius 2 is 2.60 bits per heavy atom. The van der Waals surface area contributed by atoms with Crippen molar-refractivity contribution in [1.82, 2.24) is 9.88 Å². The SMILES string of the molecule is CC1C(CO)CCN1C(=O)c1cscn1. The first-order chi connectivity index (χ1) is 7.24. The van der Waals surface area contributed by atoms with Crippen LogP contribution < -0.4 is 0 Å². The van der Waals surface area contributed by atoms with E-state index in [1.807, 2.05) is 6.92 Å². The Kier molecular flexibility index (Phi) is 3.02. The van der Waals surface area contributed by atoms with Gasteiger partial charge in [-0.05, 0) is 13.3 Å². The van der Waals surface area contributed by atoms with Crippen molar-refractivity contribution in [2.45, 2.75) is 19.4 Å². The predicted octanol–water partition coefficient (Wildman–Crippen LogP) is 0.986. The van der Waals surface area contributed by atoms with Crippen LogP contribution in [0.5, 0.6) is 0 Å². The number of likely N-dealkylation sites (tertiary alicyclic amines) is 1. The van der Waals surface area contributed by atoms with Gasteiger partial charge >= 0.3 is 0 Å². The highest BCUT2D eigenvalue weighted by atomic mass is 32.1. The molecule has 1 saturated heterocycles. The summed E-state index contributed by atoms with van der Waals surface area (Å²) in [6.45, 7) is 2.86. The molecule has 1 aromatic rings. The molecular weight excluding hydrogens is 212 g/mol. The Hall–Kier alpha value is -0.940. The molecule has 1 amide bonds. The zero-order chi connectivity index (χ0) is 10.8. The number of aliphatic hydroxyl groups is 1. The van der Waals surface area contributed by atoms with Gasteiger partial charge in [0, 0.05) is 30.5 Å². The summed E-state index contributed by atoms with van der Waals surface area (Å²) in [6, 6.07) is 0.115. The molecule has 2 heterocycles. The predicted molar refractivity (Wildman–Crippen MR) is 57.8 cm³/mol. The Morgan fingerprint density at radius 3 is 3.13 bits per heavy atom. The molecule has 82 valence electrons. The molecule has 2 atom stereocenters. The molecule has 0 bridgehead atoms. The fraction of sp³-hybridized carbons (Fsp3) is 0.600. The van der Waals surface area contributed by atoms with Crippen molar-refractivity contribution in [2.75, 3.05) is 13.2 Å². The Balaban J connectivity index is 2.10. The Labute approximate surface area is 92.6 Å². The number of aliphatic hydroxyl groups excluding tert-OH is 1. The number of rotatable bonds is 2. The fourth-order valence-corrected chi connectivity index (χ4v) is 2.53. The van der Waals surface area contributed by atoms with Crippen LogP contribution in [0.1, 0.15) is 23.8 Å². The van der Waals surface area contributed by atoms with Gasteiger partial charge in [-0.3, -0.25) is 4.79 Å². The maximum Gasteiger partial charge on any atom is 0.273 e. The number of hydrogen-bond acceptors (Lipinski definition) is 4. The molecule has 0 spiro atoms. The summed E-state index contributed by atoms with van der Waals surface area (Å²) >= 11 is 1.43. The van der Waals surface area contributed by atoms with Gasteiger partial charge in [-0.25, -0.2) is 4.98 Å². The van der Waals surface area contributed by atoms with Gasteiger partial charge in [-0.2, -0.15) is 0 Å². The number of hydrogen-bond donors (Lipinski definition) is 1. The smallest absolute Gasteiger partial charge is 0.273 e. The minimum absolute atomic E-state index is 0.0142. The third-order valence-corrected chi connectivity index (χ3v) is 3.65. The second kappa shape index (κ2) is 4.28. The first-order valence-corrected chi connectivity index (χ1v) is 5.98. The zero-order valence-electron chi connectivity index (χ0n) is 8.59. The van der Waals surface area contributed by atoms with E-state index < -0.39 is 0 Å². The van der Waals surface area contributed by atoms with E-state index >= 15 is 0 Å². The highest BCUT2D eigenvalue weighted by molar-refractivity contribution is 7.07. The minimum Gasteiger partial charge on any atom is -0.396 e. The second-order valence-corrected chi connectivity index (χ2v) is 4.56. The van der Waals surface area contributed by atoms with Crippen molar-refractivity contribution in [1.29, 1.82) is 0 Å². The monoisotopic (exact) mass is 226 g/mol. The van der Waals surface area contributed by atoms with E-state index in [0.717, 1.165) is 13.0 Å². The summed E-state index contributed by atoms with van der Waals surface area (Å²) in [5.41, 5.74) is 2.18. The van der Waals surface area contributed by atoms with Crippen LogP contribution in [0.25, 0.3) is 0 Å². The van der Waals surface area contributed by atoms with Crippen LogP contribution in [0.4, 0.5) is 0 Å². The van der Waals surface area contributed by atoms with E-state index in [0.29, 0.717) is 5.69 Å². The van der Waals surface area contributed by atoms with Gasteiger partial charge in [-0.1, -0.05) is 0 Å². The maximum atomic E-state index is 12.0. The average Bonchev–Trinajstić information content (AvgIpc) is 2.85. The van der Waals surface area contributed by atoms with Crippen LogP contribution in [-0.2, 0) is 0 Å². The number of carbonyl (C=O) groups is 1. The number of amides is 1. The van der Waals surface area contributed by atoms with Crippen molar-refractivity contribution in [2.24, 2.45) is 5.92 Å². The molecule has 0 radical (unpaired) electrons. The molecule has 1 N–H and O–H groups in total. The maximum absolute atomic E-state index is 12.0. The molecule has 4 nitrogen and oxygen atoms in total. The molecule has 1 aliphatic heterocycles. The lowest BCUT2D eigenvalue weighted by Gasteiger charge is -2.23. The first-order valence-electron chi connectivity index (χ1n) is 5.04. The van der Waals surface area contributed by atoms with E-state index in [4.69, 9.17) is 5.11 Å². The summed E-state index contributed by atoms with van der Waals surface area (Å²) in [6.07, 6.45) is 0.882. The number of thiazole rings is 1. The lowest BCUT2D eigenvalue weighted by Crippen LogP contribution is -2.36. The van der Waals surface area contributed by atoms with Crippen LogP contribution >= 0.6 is 11.3 Å². The molecule has 1 aliphatic rings. The standard InChI is InChI=1S/C10H14N2O2S/c1-7-8(4-13)2-3-12(7)10(14)9-5-15-6-11-9/h5-8,13H,2-4H2,1H3. The van der Waals surface area contributed by atoms with Crippen molar-refractivity contribution >= 4 is 17.2 Å². The largest absolute Gasteiger partial charge is 0.396 e. The van der Waals surface area contributed by atoms with Crippen molar-refractivity contribution < 1.29 is 9.90 Å². The van der Waals surface area contributed by atoms with Crippen molar-refractivity contribution in [3.05, 3.63) is 16.6 Å². The highest BCUT2D eigenvalue weighted by Crippen LogP contribution is 2.25. The van der Waals surface area contributed by atoms with Crippen LogP contribution in [0.15, 0.2) is 10.9 Å². The molecule has 15 heavy (non-hydrogen) atoms. The number of aromatic nitrogens is 1. The molecule has 0 saturated carbocycles. The number of nitrogens with zero attached hydrogens (tertiary/aromatic N) is 2. The Morgan fingerprint density at radius 1 is 1.80 bits per heavy atom. The summed E-state index contributed by atoms with van der Waals surface area (Å²) in [5.74, 6) is 0.201. The molecule has 1 aromatic heterocycles. The topological polar surface area (TPSA) is 53.4 Å². The third-order valence-electron chi connectivity index (χ3n) is 3.06. The molecular formula is C10H14N2O2S. The molecule has 0 aliphatic carbocycles. The minimum atomic E-state index is -0.0142.